The molecule has 0 saturated heterocycles. The van der Waals surface area contributed by atoms with E-state index in [1.165, 1.54) is 75.3 Å². The summed E-state index contributed by atoms with van der Waals surface area (Å²) in [6.45, 7) is 6.81. The fourth-order valence-corrected chi connectivity index (χ4v) is 3.39. The molecular weight excluding hydrogens is 446 g/mol. The zero-order chi connectivity index (χ0) is 25.6. The Labute approximate surface area is 203 Å². The van der Waals surface area contributed by atoms with Crippen molar-refractivity contribution in [3.63, 3.8) is 0 Å². The summed E-state index contributed by atoms with van der Waals surface area (Å²) < 4.78 is 43.7. The van der Waals surface area contributed by atoms with Gasteiger partial charge in [-0.05, 0) is 24.0 Å². The van der Waals surface area contributed by atoms with E-state index in [1.54, 1.807) is 0 Å². The topological polar surface area (TPSA) is 53.9 Å². The Morgan fingerprint density at radius 1 is 0.559 bits per heavy atom. The minimum Gasteiger partial charge on any atom is -0.824 e. The van der Waals surface area contributed by atoms with Crippen LogP contribution >= 0.6 is 0 Å². The molecule has 0 aliphatic heterocycles. The molecule has 2 aromatic rings. The average molecular weight is 484 g/mol. The highest BCUT2D eigenvalue weighted by Gasteiger charge is 2.06. The van der Waals surface area contributed by atoms with E-state index in [4.69, 9.17) is 10.0 Å². The Hall–Kier alpha value is -1.93. The summed E-state index contributed by atoms with van der Waals surface area (Å²) in [6.07, 6.45) is 22.3. The number of hydrogen-bond donors (Lipinski definition) is 0. The third-order valence-corrected chi connectivity index (χ3v) is 5.16. The Morgan fingerprint density at radius 3 is 1.09 bits per heavy atom. The van der Waals surface area contributed by atoms with E-state index in [9.17, 15) is 17.3 Å². The molecule has 0 radical (unpaired) electrons. The van der Waals surface area contributed by atoms with Crippen LogP contribution in [0.4, 0.5) is 17.3 Å². The van der Waals surface area contributed by atoms with E-state index >= 15 is 0 Å². The van der Waals surface area contributed by atoms with Crippen LogP contribution in [0, 0.1) is 0 Å². The molecule has 0 aliphatic rings. The second-order valence-electron chi connectivity index (χ2n) is 8.00. The number of hydrogen-bond acceptors (Lipinski definition) is 2. The molecule has 0 N–H and O–H groups in total. The van der Waals surface area contributed by atoms with Crippen LogP contribution in [0.5, 0.6) is 0 Å². The van der Waals surface area contributed by atoms with Gasteiger partial charge in [0.25, 0.3) is 0 Å². The molecule has 2 heterocycles. The van der Waals surface area contributed by atoms with Crippen LogP contribution in [0.3, 0.4) is 0 Å². The van der Waals surface area contributed by atoms with E-state index in [-0.39, 0.29) is 0 Å². The van der Waals surface area contributed by atoms with Gasteiger partial charge in [-0.3, -0.25) is 0 Å². The predicted octanol–water partition coefficient (Wildman–Crippen LogP) is 4.41. The second kappa shape index (κ2) is 21.6. The third kappa shape index (κ3) is 19.5. The average Bonchev–Trinajstić information content (AvgIpc) is 2.79. The van der Waals surface area contributed by atoms with Crippen molar-refractivity contribution in [1.29, 1.82) is 0 Å². The molecular formula is C24H38B2F4N2O2. The summed E-state index contributed by atoms with van der Waals surface area (Å²) in [7, 11) is -6.83. The number of nitrogens with zero attached hydrogens (tertiary/aromatic N) is 2. The van der Waals surface area contributed by atoms with Gasteiger partial charge in [0.15, 0.2) is 24.8 Å². The third-order valence-electron chi connectivity index (χ3n) is 5.16. The molecule has 2 rings (SSSR count). The number of aromatic nitrogens is 2. The molecule has 0 unspecified atom stereocenters. The lowest BCUT2D eigenvalue weighted by molar-refractivity contribution is -0.697. The molecule has 190 valence electrons. The predicted molar refractivity (Wildman–Crippen MR) is 126 cm³/mol. The van der Waals surface area contributed by atoms with Crippen molar-refractivity contribution in [2.45, 2.75) is 91.1 Å². The lowest BCUT2D eigenvalue weighted by atomic mass is 10.1. The largest absolute Gasteiger partial charge is 0.824 e. The van der Waals surface area contributed by atoms with Crippen LogP contribution in [0.1, 0.15) is 78.1 Å². The molecule has 0 aliphatic carbocycles. The molecule has 10 heteroatoms. The molecule has 0 aromatic carbocycles. The monoisotopic (exact) mass is 484 g/mol. The van der Waals surface area contributed by atoms with E-state index in [0.717, 1.165) is 13.1 Å². The van der Waals surface area contributed by atoms with Gasteiger partial charge in [-0.25, -0.2) is 9.13 Å². The number of rotatable bonds is 13. The molecule has 0 bridgehead atoms. The van der Waals surface area contributed by atoms with Gasteiger partial charge < -0.3 is 27.3 Å². The van der Waals surface area contributed by atoms with Crippen LogP contribution < -0.4 is 19.2 Å². The van der Waals surface area contributed by atoms with Crippen molar-refractivity contribution in [1.82, 2.24) is 0 Å². The number of halogens is 4. The maximum Gasteiger partial charge on any atom is 0.447 e. The molecule has 4 nitrogen and oxygen atoms in total. The molecule has 0 fully saturated rings. The summed E-state index contributed by atoms with van der Waals surface area (Å²) >= 11 is 0. The van der Waals surface area contributed by atoms with Gasteiger partial charge in [0.05, 0.1) is 0 Å². The van der Waals surface area contributed by atoms with Crippen LogP contribution in [0.2, 0.25) is 0 Å². The highest BCUT2D eigenvalue weighted by Crippen LogP contribution is 2.15. The lowest BCUT2D eigenvalue weighted by Gasteiger charge is -2.02. The van der Waals surface area contributed by atoms with E-state index < -0.39 is 14.9 Å². The van der Waals surface area contributed by atoms with Gasteiger partial charge >= 0.3 is 14.9 Å². The Morgan fingerprint density at radius 2 is 0.824 bits per heavy atom. The molecule has 0 atom stereocenters. The van der Waals surface area contributed by atoms with Gasteiger partial charge in [0.2, 0.25) is 0 Å². The fraction of sp³-hybridized carbons (Fsp3) is 0.583. The van der Waals surface area contributed by atoms with Crippen LogP contribution in [0.15, 0.2) is 49.1 Å². The molecule has 34 heavy (non-hydrogen) atoms. The first-order valence-corrected chi connectivity index (χ1v) is 12.2. The maximum atomic E-state index is 9.78. The lowest BCUT2D eigenvalue weighted by Crippen LogP contribution is -2.33. The molecule has 0 spiro atoms. The normalized spacial score (nSPS) is 10.0. The highest BCUT2D eigenvalue weighted by atomic mass is 19.2. The smallest absolute Gasteiger partial charge is 0.447 e. The van der Waals surface area contributed by atoms with Gasteiger partial charge in [0.1, 0.15) is 13.1 Å². The minimum absolute atomic E-state index is 1.14. The van der Waals surface area contributed by atoms with Gasteiger partial charge in [-0.2, -0.15) is 0 Å². The van der Waals surface area contributed by atoms with Crippen molar-refractivity contribution in [2.24, 2.45) is 0 Å². The van der Waals surface area contributed by atoms with Crippen LogP contribution in [-0.4, -0.2) is 14.9 Å². The van der Waals surface area contributed by atoms with E-state index in [2.05, 4.69) is 72.0 Å². The first kappa shape index (κ1) is 32.1. The van der Waals surface area contributed by atoms with Crippen LogP contribution in [-0.2, 0) is 13.1 Å². The van der Waals surface area contributed by atoms with Crippen molar-refractivity contribution >= 4 is 14.9 Å². The van der Waals surface area contributed by atoms with Crippen molar-refractivity contribution < 1.29 is 36.4 Å². The fourth-order valence-electron chi connectivity index (χ4n) is 3.39. The number of aryl methyl sites for hydroxylation is 2. The van der Waals surface area contributed by atoms with Gasteiger partial charge in [-0.1, -0.05) is 52.4 Å². The minimum atomic E-state index is -3.42. The van der Waals surface area contributed by atoms with E-state index in [0.29, 0.717) is 0 Å². The van der Waals surface area contributed by atoms with Crippen molar-refractivity contribution in [3.8, 4) is 11.1 Å². The molecule has 2 aromatic heterocycles. The Bertz CT molecular complexity index is 642. The standard InChI is InChI=1S/C24H38N2.2BF2O/c1-3-5-7-9-11-17-25-19-13-23(14-20-25)24-15-21-26(22-16-24)18-12-10-8-6-4-2;2*2-1(3)4/h13-16,19-22H,3-12,17-18H2,1-2H3;;/q+2;2*-1. The molecule has 0 saturated carbocycles. The number of unbranched alkanes of at least 4 members (excludes halogenated alkanes) is 8. The highest BCUT2D eigenvalue weighted by molar-refractivity contribution is 6.30. The Kier molecular flexibility index (Phi) is 20.4. The summed E-state index contributed by atoms with van der Waals surface area (Å²) in [4.78, 5) is 0. The summed E-state index contributed by atoms with van der Waals surface area (Å²) in [6, 6.07) is 8.99. The van der Waals surface area contributed by atoms with E-state index in [1.807, 2.05) is 0 Å². The van der Waals surface area contributed by atoms with Gasteiger partial charge in [0, 0.05) is 37.1 Å². The van der Waals surface area contributed by atoms with Gasteiger partial charge in [-0.15, -0.1) is 0 Å². The first-order chi connectivity index (χ1) is 16.3. The first-order valence-electron chi connectivity index (χ1n) is 12.2. The molecule has 0 amide bonds. The number of pyridine rings is 2. The van der Waals surface area contributed by atoms with Crippen molar-refractivity contribution in [2.75, 3.05) is 0 Å². The zero-order valence-corrected chi connectivity index (χ0v) is 20.5. The second-order valence-corrected chi connectivity index (χ2v) is 8.00. The summed E-state index contributed by atoms with van der Waals surface area (Å²) in [5, 5.41) is 16.4. The Balaban J connectivity index is 0.00000118. The SMILES string of the molecule is CCCCCCC[n+]1ccc(-c2cc[n+](CCCCCCC)cc2)cc1.[O-]B(F)F.[O-]B(F)F. The summed E-state index contributed by atoms with van der Waals surface area (Å²) in [5.74, 6) is 0. The maximum absolute atomic E-state index is 9.78. The van der Waals surface area contributed by atoms with Crippen LogP contribution in [0.25, 0.3) is 11.1 Å². The van der Waals surface area contributed by atoms with Crippen molar-refractivity contribution in [3.05, 3.63) is 49.1 Å². The quantitative estimate of drug-likeness (QED) is 0.183. The zero-order valence-electron chi connectivity index (χ0n) is 20.5. The summed E-state index contributed by atoms with van der Waals surface area (Å²) in [5.41, 5.74) is 2.62.